The molecule has 0 bridgehead atoms. The highest BCUT2D eigenvalue weighted by atomic mass is 32.1. The third-order valence-electron chi connectivity index (χ3n) is 2.89. The zero-order valence-corrected chi connectivity index (χ0v) is 12.7. The molecule has 1 unspecified atom stereocenters. The Labute approximate surface area is 133 Å². The third-order valence-corrected chi connectivity index (χ3v) is 3.77. The summed E-state index contributed by atoms with van der Waals surface area (Å²) in [4.78, 5) is 11.6. The number of carbonyl (C=O) groups is 1. The third kappa shape index (κ3) is 4.63. The maximum Gasteiger partial charge on any atom is 0.445 e. The molecule has 0 aliphatic rings. The second-order valence-corrected chi connectivity index (χ2v) is 5.60. The number of hydrogen-bond acceptors (Lipinski definition) is 5. The summed E-state index contributed by atoms with van der Waals surface area (Å²) >= 11 is 0.220. The lowest BCUT2D eigenvalue weighted by atomic mass is 10.0. The number of alkyl halides is 3. The van der Waals surface area contributed by atoms with Crippen LogP contribution >= 0.6 is 11.3 Å². The van der Waals surface area contributed by atoms with Crippen molar-refractivity contribution in [2.45, 2.75) is 19.2 Å². The molecular formula is C13H13F3N4O2S. The molecule has 1 atom stereocenters. The topological polar surface area (TPSA) is 87.1 Å². The molecule has 2 aromatic rings. The maximum absolute atomic E-state index is 12.4. The van der Waals surface area contributed by atoms with Crippen LogP contribution < -0.4 is 10.6 Å². The van der Waals surface area contributed by atoms with E-state index in [1.54, 1.807) is 12.1 Å². The van der Waals surface area contributed by atoms with Gasteiger partial charge in [0.05, 0.1) is 6.10 Å². The molecule has 0 aliphatic heterocycles. The molecule has 0 fully saturated rings. The molecule has 0 aliphatic carbocycles. The summed E-state index contributed by atoms with van der Waals surface area (Å²) in [6.45, 7) is 1.72. The van der Waals surface area contributed by atoms with E-state index in [4.69, 9.17) is 0 Å². The first kappa shape index (κ1) is 17.2. The van der Waals surface area contributed by atoms with Gasteiger partial charge in [-0.05, 0) is 18.1 Å². The van der Waals surface area contributed by atoms with Gasteiger partial charge in [0.1, 0.15) is 0 Å². The molecule has 10 heteroatoms. The molecule has 2 amide bonds. The molecule has 0 saturated carbocycles. The second kappa shape index (κ2) is 6.92. The number of aliphatic hydroxyl groups excluding tert-OH is 1. The minimum Gasteiger partial charge on any atom is -0.387 e. The average molecular weight is 346 g/mol. The number of hydrogen-bond donors (Lipinski definition) is 3. The monoisotopic (exact) mass is 346 g/mol. The van der Waals surface area contributed by atoms with E-state index >= 15 is 0 Å². The first-order chi connectivity index (χ1) is 10.8. The number of carbonyl (C=O) groups excluding carboxylic acids is 1. The van der Waals surface area contributed by atoms with E-state index in [-0.39, 0.29) is 23.0 Å². The molecule has 6 nitrogen and oxygen atoms in total. The van der Waals surface area contributed by atoms with E-state index in [9.17, 15) is 23.1 Å². The molecule has 23 heavy (non-hydrogen) atoms. The molecule has 0 saturated heterocycles. The lowest BCUT2D eigenvalue weighted by Crippen LogP contribution is -2.32. The maximum atomic E-state index is 12.4. The lowest BCUT2D eigenvalue weighted by Gasteiger charge is -2.14. The summed E-state index contributed by atoms with van der Waals surface area (Å²) in [5.74, 6) is 0. The van der Waals surface area contributed by atoms with Gasteiger partial charge in [-0.3, -0.25) is 5.32 Å². The number of urea groups is 1. The molecule has 2 rings (SSSR count). The Morgan fingerprint density at radius 1 is 1.35 bits per heavy atom. The van der Waals surface area contributed by atoms with E-state index in [2.05, 4.69) is 20.8 Å². The first-order valence-corrected chi connectivity index (χ1v) is 7.28. The number of nitrogens with one attached hydrogen (secondary N) is 2. The summed E-state index contributed by atoms with van der Waals surface area (Å²) in [7, 11) is 0. The van der Waals surface area contributed by atoms with Crippen molar-refractivity contribution in [1.29, 1.82) is 0 Å². The van der Waals surface area contributed by atoms with Crippen LogP contribution in [0.2, 0.25) is 0 Å². The highest BCUT2D eigenvalue weighted by Gasteiger charge is 2.35. The first-order valence-electron chi connectivity index (χ1n) is 6.46. The van der Waals surface area contributed by atoms with Gasteiger partial charge in [-0.15, -0.1) is 10.2 Å². The van der Waals surface area contributed by atoms with Crippen LogP contribution in [0.1, 0.15) is 22.2 Å². The van der Waals surface area contributed by atoms with Crippen LogP contribution in [0.15, 0.2) is 24.3 Å². The fourth-order valence-corrected chi connectivity index (χ4v) is 2.40. The molecule has 0 radical (unpaired) electrons. The number of benzene rings is 1. The number of aliphatic hydroxyl groups is 1. The van der Waals surface area contributed by atoms with Gasteiger partial charge in [-0.25, -0.2) is 4.79 Å². The summed E-state index contributed by atoms with van der Waals surface area (Å²) in [5, 5.41) is 19.3. The average Bonchev–Trinajstić information content (AvgIpc) is 2.94. The number of aryl methyl sites for hydroxylation is 1. The fourth-order valence-electron chi connectivity index (χ4n) is 1.79. The van der Waals surface area contributed by atoms with Crippen molar-refractivity contribution in [3.8, 4) is 0 Å². The second-order valence-electron chi connectivity index (χ2n) is 4.62. The fraction of sp³-hybridized carbons (Fsp3) is 0.308. The van der Waals surface area contributed by atoms with E-state index in [0.717, 1.165) is 5.56 Å². The molecule has 3 N–H and O–H groups in total. The molecule has 1 heterocycles. The van der Waals surface area contributed by atoms with Gasteiger partial charge in [-0.2, -0.15) is 13.2 Å². The number of rotatable bonds is 4. The minimum absolute atomic E-state index is 0.0956. The van der Waals surface area contributed by atoms with Crippen molar-refractivity contribution in [3.05, 3.63) is 40.4 Å². The molecule has 1 aromatic carbocycles. The van der Waals surface area contributed by atoms with Gasteiger partial charge < -0.3 is 10.4 Å². The largest absolute Gasteiger partial charge is 0.445 e. The zero-order valence-electron chi connectivity index (χ0n) is 11.9. The Kier molecular flexibility index (Phi) is 5.16. The van der Waals surface area contributed by atoms with Crippen LogP contribution in [0.25, 0.3) is 0 Å². The van der Waals surface area contributed by atoms with Gasteiger partial charge in [0.2, 0.25) is 10.1 Å². The summed E-state index contributed by atoms with van der Waals surface area (Å²) in [6, 6.07) is 6.34. The van der Waals surface area contributed by atoms with Crippen molar-refractivity contribution in [2.75, 3.05) is 11.9 Å². The molecule has 0 spiro atoms. The van der Waals surface area contributed by atoms with E-state index < -0.39 is 23.3 Å². The van der Waals surface area contributed by atoms with Crippen LogP contribution in [0.4, 0.5) is 23.1 Å². The van der Waals surface area contributed by atoms with Gasteiger partial charge in [0.15, 0.2) is 0 Å². The van der Waals surface area contributed by atoms with Crippen molar-refractivity contribution < 1.29 is 23.1 Å². The van der Waals surface area contributed by atoms with Crippen molar-refractivity contribution in [2.24, 2.45) is 0 Å². The van der Waals surface area contributed by atoms with Crippen LogP contribution in [0.3, 0.4) is 0 Å². The Morgan fingerprint density at radius 3 is 2.65 bits per heavy atom. The smallest absolute Gasteiger partial charge is 0.387 e. The zero-order chi connectivity index (χ0) is 17.0. The lowest BCUT2D eigenvalue weighted by molar-refractivity contribution is -0.138. The highest BCUT2D eigenvalue weighted by molar-refractivity contribution is 7.15. The summed E-state index contributed by atoms with van der Waals surface area (Å²) in [6.07, 6.45) is -5.53. The number of nitrogens with zero attached hydrogens (tertiary/aromatic N) is 2. The Bertz CT molecular complexity index is 690. The van der Waals surface area contributed by atoms with Gasteiger partial charge in [0, 0.05) is 6.54 Å². The Balaban J connectivity index is 1.88. The number of halogens is 3. The quantitative estimate of drug-likeness (QED) is 0.794. The Hall–Kier alpha value is -2.20. The van der Waals surface area contributed by atoms with Crippen molar-refractivity contribution >= 4 is 22.5 Å². The standard InChI is InChI=1S/C13H13F3N4O2S/c1-7-4-2-3-5-8(7)9(21)6-17-11(22)18-12-20-19-10(23-12)13(14,15)16/h2-5,9,21H,6H2,1H3,(H2,17,18,20,22). The van der Waals surface area contributed by atoms with Crippen LogP contribution in [-0.2, 0) is 6.18 Å². The SMILES string of the molecule is Cc1ccccc1C(O)CNC(=O)Nc1nnc(C(F)(F)F)s1. The van der Waals surface area contributed by atoms with Crippen LogP contribution in [0, 0.1) is 6.92 Å². The van der Waals surface area contributed by atoms with E-state index in [1.165, 1.54) is 0 Å². The van der Waals surface area contributed by atoms with E-state index in [0.29, 0.717) is 5.56 Å². The van der Waals surface area contributed by atoms with Crippen LogP contribution in [0.5, 0.6) is 0 Å². The van der Waals surface area contributed by atoms with Gasteiger partial charge in [-0.1, -0.05) is 35.6 Å². The molecule has 124 valence electrons. The minimum atomic E-state index is -4.60. The number of amides is 2. The van der Waals surface area contributed by atoms with Crippen molar-refractivity contribution in [3.63, 3.8) is 0 Å². The highest BCUT2D eigenvalue weighted by Crippen LogP contribution is 2.32. The predicted molar refractivity (Wildman–Crippen MR) is 78.1 cm³/mol. The van der Waals surface area contributed by atoms with Crippen molar-refractivity contribution in [1.82, 2.24) is 15.5 Å². The van der Waals surface area contributed by atoms with E-state index in [1.807, 2.05) is 19.1 Å². The normalized spacial score (nSPS) is 12.7. The number of aromatic nitrogens is 2. The Morgan fingerprint density at radius 2 is 2.04 bits per heavy atom. The predicted octanol–water partition coefficient (Wildman–Crippen LogP) is 2.72. The summed E-state index contributed by atoms with van der Waals surface area (Å²) in [5.41, 5.74) is 1.52. The summed E-state index contributed by atoms with van der Waals surface area (Å²) < 4.78 is 37.1. The van der Waals surface area contributed by atoms with Gasteiger partial charge >= 0.3 is 12.2 Å². The number of anilines is 1. The molecule has 1 aromatic heterocycles. The molecular weight excluding hydrogens is 333 g/mol. The van der Waals surface area contributed by atoms with Gasteiger partial charge in [0.25, 0.3) is 0 Å². The van der Waals surface area contributed by atoms with Crippen LogP contribution in [-0.4, -0.2) is 27.9 Å².